The first kappa shape index (κ1) is 12.2. The van der Waals surface area contributed by atoms with Crippen LogP contribution < -0.4 is 4.74 Å². The van der Waals surface area contributed by atoms with Crippen molar-refractivity contribution in [3.05, 3.63) is 64.2 Å². The molecule has 1 aliphatic heterocycles. The summed E-state index contributed by atoms with van der Waals surface area (Å²) >= 11 is 5.98. The summed E-state index contributed by atoms with van der Waals surface area (Å²) in [7, 11) is 0. The Kier molecular flexibility index (Phi) is 3.03. The van der Waals surface area contributed by atoms with Crippen LogP contribution in [-0.2, 0) is 0 Å². The van der Waals surface area contributed by atoms with Gasteiger partial charge in [0.1, 0.15) is 11.9 Å². The molecule has 0 bridgehead atoms. The number of Topliss-reactive ketones (excluding diaryl/α,β-unsaturated/α-hetero) is 1. The Bertz CT molecular complexity index is 649. The van der Waals surface area contributed by atoms with Gasteiger partial charge in [0.2, 0.25) is 0 Å². The van der Waals surface area contributed by atoms with Gasteiger partial charge in [-0.3, -0.25) is 4.79 Å². The summed E-state index contributed by atoms with van der Waals surface area (Å²) in [5.41, 5.74) is 2.68. The summed E-state index contributed by atoms with van der Waals surface area (Å²) < 4.78 is 5.92. The zero-order valence-corrected chi connectivity index (χ0v) is 11.3. The number of ether oxygens (including phenoxy) is 1. The highest BCUT2D eigenvalue weighted by atomic mass is 35.5. The summed E-state index contributed by atoms with van der Waals surface area (Å²) in [5, 5.41) is 0.656. The van der Waals surface area contributed by atoms with Crippen LogP contribution in [0.3, 0.4) is 0 Å². The highest BCUT2D eigenvalue weighted by Crippen LogP contribution is 2.35. The Hall–Kier alpha value is -1.80. The summed E-state index contributed by atoms with van der Waals surface area (Å²) in [6, 6.07) is 13.2. The molecular weight excluding hydrogens is 260 g/mol. The Balaban J connectivity index is 1.97. The quantitative estimate of drug-likeness (QED) is 0.771. The number of aryl methyl sites for hydroxylation is 1. The van der Waals surface area contributed by atoms with Gasteiger partial charge in [0.25, 0.3) is 0 Å². The lowest BCUT2D eigenvalue weighted by atomic mass is 9.95. The van der Waals surface area contributed by atoms with E-state index < -0.39 is 0 Å². The van der Waals surface area contributed by atoms with E-state index in [0.29, 0.717) is 22.8 Å². The van der Waals surface area contributed by atoms with Gasteiger partial charge in [-0.25, -0.2) is 0 Å². The summed E-state index contributed by atoms with van der Waals surface area (Å²) in [4.78, 5) is 12.2. The number of hydrogen-bond donors (Lipinski definition) is 0. The molecule has 0 saturated heterocycles. The average Bonchev–Trinajstić information content (AvgIpc) is 2.39. The van der Waals surface area contributed by atoms with Crippen molar-refractivity contribution >= 4 is 17.4 Å². The van der Waals surface area contributed by atoms with E-state index in [9.17, 15) is 4.79 Å². The van der Waals surface area contributed by atoms with E-state index in [0.717, 1.165) is 11.1 Å². The van der Waals surface area contributed by atoms with E-state index in [2.05, 4.69) is 0 Å². The maximum absolute atomic E-state index is 12.2. The maximum atomic E-state index is 12.2. The minimum atomic E-state index is -0.249. The van der Waals surface area contributed by atoms with Crippen molar-refractivity contribution in [2.75, 3.05) is 0 Å². The SMILES string of the molecule is Cc1ccc2c(c1)C(=O)CC(c1cccc(Cl)c1)O2. The Morgan fingerprint density at radius 3 is 2.84 bits per heavy atom. The number of fused-ring (bicyclic) bond motifs is 1. The molecule has 1 aliphatic rings. The molecule has 19 heavy (non-hydrogen) atoms. The first-order valence-electron chi connectivity index (χ1n) is 6.19. The second-order valence-corrected chi connectivity index (χ2v) is 5.22. The van der Waals surface area contributed by atoms with Crippen molar-refractivity contribution in [1.82, 2.24) is 0 Å². The van der Waals surface area contributed by atoms with E-state index >= 15 is 0 Å². The lowest BCUT2D eigenvalue weighted by Gasteiger charge is -2.25. The number of rotatable bonds is 1. The van der Waals surface area contributed by atoms with Crippen LogP contribution in [0.25, 0.3) is 0 Å². The van der Waals surface area contributed by atoms with Gasteiger partial charge in [-0.2, -0.15) is 0 Å². The Labute approximate surface area is 117 Å². The summed E-state index contributed by atoms with van der Waals surface area (Å²) in [6.07, 6.45) is 0.109. The monoisotopic (exact) mass is 272 g/mol. The van der Waals surface area contributed by atoms with Crippen molar-refractivity contribution in [3.8, 4) is 5.75 Å². The molecule has 3 rings (SSSR count). The topological polar surface area (TPSA) is 26.3 Å². The minimum Gasteiger partial charge on any atom is -0.484 e. The second kappa shape index (κ2) is 4.71. The molecule has 2 aromatic carbocycles. The number of ketones is 1. The van der Waals surface area contributed by atoms with E-state index in [-0.39, 0.29) is 11.9 Å². The standard InChI is InChI=1S/C16H13ClO2/c1-10-5-6-15-13(7-10)14(18)9-16(19-15)11-3-2-4-12(17)8-11/h2-8,16H,9H2,1H3. The predicted octanol–water partition coefficient (Wildman–Crippen LogP) is 4.35. The van der Waals surface area contributed by atoms with Crippen LogP contribution in [0.1, 0.15) is 34.0 Å². The van der Waals surface area contributed by atoms with Crippen LogP contribution in [-0.4, -0.2) is 5.78 Å². The molecule has 0 aliphatic carbocycles. The lowest BCUT2D eigenvalue weighted by Crippen LogP contribution is -2.20. The van der Waals surface area contributed by atoms with Gasteiger partial charge < -0.3 is 4.74 Å². The smallest absolute Gasteiger partial charge is 0.170 e. The highest BCUT2D eigenvalue weighted by molar-refractivity contribution is 6.30. The third kappa shape index (κ3) is 2.36. The fraction of sp³-hybridized carbons (Fsp3) is 0.188. The van der Waals surface area contributed by atoms with Gasteiger partial charge in [0.05, 0.1) is 12.0 Å². The van der Waals surface area contributed by atoms with Crippen LogP contribution in [0.2, 0.25) is 5.02 Å². The van der Waals surface area contributed by atoms with Gasteiger partial charge in [-0.15, -0.1) is 0 Å². The van der Waals surface area contributed by atoms with Gasteiger partial charge in [-0.1, -0.05) is 35.4 Å². The molecule has 1 heterocycles. The third-order valence-electron chi connectivity index (χ3n) is 3.30. The van der Waals surface area contributed by atoms with Crippen molar-refractivity contribution in [2.45, 2.75) is 19.4 Å². The number of carbonyl (C=O) groups is 1. The van der Waals surface area contributed by atoms with Crippen LogP contribution in [0.4, 0.5) is 0 Å². The molecule has 0 amide bonds. The van der Waals surface area contributed by atoms with E-state index in [4.69, 9.17) is 16.3 Å². The van der Waals surface area contributed by atoms with Crippen LogP contribution in [0, 0.1) is 6.92 Å². The molecule has 0 saturated carbocycles. The fourth-order valence-corrected chi connectivity index (χ4v) is 2.53. The zero-order chi connectivity index (χ0) is 13.4. The largest absolute Gasteiger partial charge is 0.484 e. The molecule has 0 fully saturated rings. The molecular formula is C16H13ClO2. The molecule has 1 unspecified atom stereocenters. The van der Waals surface area contributed by atoms with E-state index in [1.807, 2.05) is 49.4 Å². The first-order valence-corrected chi connectivity index (χ1v) is 6.57. The van der Waals surface area contributed by atoms with Crippen molar-refractivity contribution < 1.29 is 9.53 Å². The maximum Gasteiger partial charge on any atom is 0.170 e. The summed E-state index contributed by atoms with van der Waals surface area (Å²) in [5.74, 6) is 0.779. The normalized spacial score (nSPS) is 17.8. The highest BCUT2D eigenvalue weighted by Gasteiger charge is 2.27. The van der Waals surface area contributed by atoms with Gasteiger partial charge >= 0.3 is 0 Å². The van der Waals surface area contributed by atoms with Crippen molar-refractivity contribution in [2.24, 2.45) is 0 Å². The zero-order valence-electron chi connectivity index (χ0n) is 10.5. The first-order chi connectivity index (χ1) is 9.13. The van der Waals surface area contributed by atoms with Crippen LogP contribution in [0.15, 0.2) is 42.5 Å². The number of benzene rings is 2. The molecule has 0 spiro atoms. The fourth-order valence-electron chi connectivity index (χ4n) is 2.33. The third-order valence-corrected chi connectivity index (χ3v) is 3.53. The van der Waals surface area contributed by atoms with Gasteiger partial charge in [0, 0.05) is 5.02 Å². The van der Waals surface area contributed by atoms with E-state index in [1.165, 1.54) is 0 Å². The molecule has 2 nitrogen and oxygen atoms in total. The Morgan fingerprint density at radius 2 is 2.05 bits per heavy atom. The molecule has 0 N–H and O–H groups in total. The van der Waals surface area contributed by atoms with Gasteiger partial charge in [0.15, 0.2) is 5.78 Å². The van der Waals surface area contributed by atoms with Crippen molar-refractivity contribution in [3.63, 3.8) is 0 Å². The van der Waals surface area contributed by atoms with Crippen molar-refractivity contribution in [1.29, 1.82) is 0 Å². The molecule has 3 heteroatoms. The number of halogens is 1. The summed E-state index contributed by atoms with van der Waals surface area (Å²) in [6.45, 7) is 1.97. The van der Waals surface area contributed by atoms with Crippen LogP contribution >= 0.6 is 11.6 Å². The molecule has 0 radical (unpaired) electrons. The van der Waals surface area contributed by atoms with E-state index in [1.54, 1.807) is 0 Å². The van der Waals surface area contributed by atoms with Gasteiger partial charge in [-0.05, 0) is 36.8 Å². The number of carbonyl (C=O) groups excluding carboxylic acids is 1. The second-order valence-electron chi connectivity index (χ2n) is 4.79. The molecule has 96 valence electrons. The number of hydrogen-bond acceptors (Lipinski definition) is 2. The lowest BCUT2D eigenvalue weighted by molar-refractivity contribution is 0.0850. The average molecular weight is 273 g/mol. The van der Waals surface area contributed by atoms with Crippen LogP contribution in [0.5, 0.6) is 5.75 Å². The molecule has 0 aromatic heterocycles. The predicted molar refractivity (Wildman–Crippen MR) is 74.9 cm³/mol. The minimum absolute atomic E-state index is 0.120. The molecule has 2 aromatic rings. The Morgan fingerprint density at radius 1 is 1.21 bits per heavy atom. The molecule has 1 atom stereocenters.